The van der Waals surface area contributed by atoms with Crippen LogP contribution in [0.4, 0.5) is 0 Å². The Morgan fingerprint density at radius 2 is 2.00 bits per heavy atom. The second-order valence-electron chi connectivity index (χ2n) is 6.39. The zero-order chi connectivity index (χ0) is 12.9. The number of hydrogen-bond donors (Lipinski definition) is 1. The van der Waals surface area contributed by atoms with Crippen molar-refractivity contribution >= 4 is 5.97 Å². The maximum atomic E-state index is 11.5. The third kappa shape index (κ3) is 1.80. The molecule has 2 bridgehead atoms. The first-order valence-corrected chi connectivity index (χ1v) is 7.12. The van der Waals surface area contributed by atoms with Gasteiger partial charge in [-0.25, -0.2) is 4.79 Å². The predicted molar refractivity (Wildman–Crippen MR) is 67.4 cm³/mol. The van der Waals surface area contributed by atoms with Crippen molar-refractivity contribution in [2.24, 2.45) is 29.6 Å². The van der Waals surface area contributed by atoms with Crippen LogP contribution in [-0.2, 0) is 9.53 Å². The van der Waals surface area contributed by atoms with Crippen LogP contribution in [-0.4, -0.2) is 17.4 Å². The van der Waals surface area contributed by atoms with Gasteiger partial charge in [0.1, 0.15) is 0 Å². The molecule has 3 nitrogen and oxygen atoms in total. The summed E-state index contributed by atoms with van der Waals surface area (Å²) in [5.41, 5.74) is 0.358. The average Bonchev–Trinajstić information content (AvgIpc) is 3.01. The molecule has 0 radical (unpaired) electrons. The number of aliphatic hydroxyl groups excluding tert-OH is 1. The molecule has 3 aliphatic rings. The zero-order valence-corrected chi connectivity index (χ0v) is 11.0. The maximum Gasteiger partial charge on any atom is 0.335 e. The van der Waals surface area contributed by atoms with Gasteiger partial charge in [0, 0.05) is 11.5 Å². The van der Waals surface area contributed by atoms with Crippen molar-refractivity contribution in [1.82, 2.24) is 0 Å². The van der Waals surface area contributed by atoms with Crippen LogP contribution in [0.1, 0.15) is 39.0 Å². The van der Waals surface area contributed by atoms with E-state index in [1.165, 1.54) is 25.7 Å². The third-order valence-corrected chi connectivity index (χ3v) is 5.43. The van der Waals surface area contributed by atoms with Crippen molar-refractivity contribution in [3.05, 3.63) is 12.2 Å². The molecule has 3 saturated carbocycles. The lowest BCUT2D eigenvalue weighted by Crippen LogP contribution is -2.33. The summed E-state index contributed by atoms with van der Waals surface area (Å²) in [6, 6.07) is 0. The van der Waals surface area contributed by atoms with Crippen molar-refractivity contribution in [3.63, 3.8) is 0 Å². The fourth-order valence-electron chi connectivity index (χ4n) is 4.76. The molecule has 0 amide bonds. The first kappa shape index (κ1) is 12.2. The van der Waals surface area contributed by atoms with Crippen LogP contribution in [0.15, 0.2) is 12.2 Å². The SMILES string of the molecule is C=C(C)C(=O)OC(O)C1CCC2C3CCC(C3)C21. The number of aliphatic hydroxyl groups is 1. The molecule has 3 rings (SSSR count). The molecule has 3 aliphatic carbocycles. The Balaban J connectivity index is 1.66. The van der Waals surface area contributed by atoms with Gasteiger partial charge in [0.15, 0.2) is 0 Å². The number of carbonyl (C=O) groups excluding carboxylic acids is 1. The predicted octanol–water partition coefficient (Wildman–Crippen LogP) is 2.50. The van der Waals surface area contributed by atoms with E-state index < -0.39 is 12.3 Å². The van der Waals surface area contributed by atoms with Gasteiger partial charge < -0.3 is 9.84 Å². The molecule has 0 aromatic rings. The topological polar surface area (TPSA) is 46.5 Å². The molecule has 100 valence electrons. The number of rotatable bonds is 3. The van der Waals surface area contributed by atoms with Crippen molar-refractivity contribution in [2.45, 2.75) is 45.3 Å². The Bertz CT molecular complexity index is 376. The van der Waals surface area contributed by atoms with Crippen LogP contribution in [0.25, 0.3) is 0 Å². The Morgan fingerprint density at radius 1 is 1.28 bits per heavy atom. The summed E-state index contributed by atoms with van der Waals surface area (Å²) in [5.74, 6) is 2.73. The molecule has 1 N–H and O–H groups in total. The first-order chi connectivity index (χ1) is 8.58. The lowest BCUT2D eigenvalue weighted by Gasteiger charge is -2.31. The van der Waals surface area contributed by atoms with E-state index in [0.717, 1.165) is 24.2 Å². The molecule has 0 aromatic heterocycles. The van der Waals surface area contributed by atoms with Gasteiger partial charge in [0.2, 0.25) is 6.29 Å². The molecule has 0 aliphatic heterocycles. The van der Waals surface area contributed by atoms with Crippen molar-refractivity contribution in [2.75, 3.05) is 0 Å². The monoisotopic (exact) mass is 250 g/mol. The lowest BCUT2D eigenvalue weighted by atomic mass is 9.78. The van der Waals surface area contributed by atoms with Crippen LogP contribution in [0.2, 0.25) is 0 Å². The van der Waals surface area contributed by atoms with Crippen LogP contribution in [0.3, 0.4) is 0 Å². The summed E-state index contributed by atoms with van der Waals surface area (Å²) in [4.78, 5) is 11.5. The number of hydrogen-bond acceptors (Lipinski definition) is 3. The van der Waals surface area contributed by atoms with E-state index in [0.29, 0.717) is 11.5 Å². The van der Waals surface area contributed by atoms with Gasteiger partial charge in [-0.2, -0.15) is 0 Å². The molecular formula is C15H22O3. The van der Waals surface area contributed by atoms with Crippen molar-refractivity contribution in [1.29, 1.82) is 0 Å². The molecule has 6 atom stereocenters. The molecule has 0 aromatic carbocycles. The maximum absolute atomic E-state index is 11.5. The molecule has 18 heavy (non-hydrogen) atoms. The molecule has 6 unspecified atom stereocenters. The van der Waals surface area contributed by atoms with Crippen LogP contribution >= 0.6 is 0 Å². The second-order valence-corrected chi connectivity index (χ2v) is 6.39. The molecule has 0 heterocycles. The summed E-state index contributed by atoms with van der Waals surface area (Å²) in [7, 11) is 0. The summed E-state index contributed by atoms with van der Waals surface area (Å²) in [5, 5.41) is 10.2. The average molecular weight is 250 g/mol. The fourth-order valence-corrected chi connectivity index (χ4v) is 4.76. The van der Waals surface area contributed by atoms with E-state index in [1.807, 2.05) is 0 Å². The highest BCUT2D eigenvalue weighted by atomic mass is 16.6. The van der Waals surface area contributed by atoms with Crippen LogP contribution in [0, 0.1) is 29.6 Å². The quantitative estimate of drug-likeness (QED) is 0.475. The number of esters is 1. The highest BCUT2D eigenvalue weighted by molar-refractivity contribution is 5.87. The van der Waals surface area contributed by atoms with Crippen molar-refractivity contribution < 1.29 is 14.6 Å². The highest BCUT2D eigenvalue weighted by Gasteiger charge is 2.55. The minimum absolute atomic E-state index is 0.161. The van der Waals surface area contributed by atoms with E-state index in [2.05, 4.69) is 6.58 Å². The van der Waals surface area contributed by atoms with Gasteiger partial charge in [-0.3, -0.25) is 0 Å². The van der Waals surface area contributed by atoms with E-state index >= 15 is 0 Å². The Hall–Kier alpha value is -0.830. The fraction of sp³-hybridized carbons (Fsp3) is 0.800. The Labute approximate surface area is 108 Å². The minimum Gasteiger partial charge on any atom is -0.432 e. The normalized spacial score (nSPS) is 42.7. The highest BCUT2D eigenvalue weighted by Crippen LogP contribution is 2.61. The molecule has 3 heteroatoms. The van der Waals surface area contributed by atoms with Crippen LogP contribution in [0.5, 0.6) is 0 Å². The standard InChI is InChI=1S/C15H22O3/c1-8(2)14(16)18-15(17)12-6-5-11-9-3-4-10(7-9)13(11)12/h9-13,15,17H,1,3-7H2,2H3. The van der Waals surface area contributed by atoms with E-state index in [9.17, 15) is 9.90 Å². The number of fused-ring (bicyclic) bond motifs is 5. The van der Waals surface area contributed by atoms with Gasteiger partial charge >= 0.3 is 5.97 Å². The van der Waals surface area contributed by atoms with Gasteiger partial charge in [0.05, 0.1) is 0 Å². The van der Waals surface area contributed by atoms with Gasteiger partial charge in [-0.1, -0.05) is 6.58 Å². The molecule has 0 saturated heterocycles. The van der Waals surface area contributed by atoms with Gasteiger partial charge in [-0.05, 0) is 62.7 Å². The van der Waals surface area contributed by atoms with Crippen molar-refractivity contribution in [3.8, 4) is 0 Å². The van der Waals surface area contributed by atoms with E-state index in [4.69, 9.17) is 4.74 Å². The van der Waals surface area contributed by atoms with Gasteiger partial charge in [-0.15, -0.1) is 0 Å². The summed E-state index contributed by atoms with van der Waals surface area (Å²) in [6.07, 6.45) is 5.31. The summed E-state index contributed by atoms with van der Waals surface area (Å²) < 4.78 is 5.13. The second kappa shape index (κ2) is 4.37. The zero-order valence-electron chi connectivity index (χ0n) is 11.0. The minimum atomic E-state index is -0.927. The van der Waals surface area contributed by atoms with E-state index in [1.54, 1.807) is 6.92 Å². The molecule has 3 fully saturated rings. The molecular weight excluding hydrogens is 228 g/mol. The third-order valence-electron chi connectivity index (χ3n) is 5.43. The summed E-state index contributed by atoms with van der Waals surface area (Å²) >= 11 is 0. The smallest absolute Gasteiger partial charge is 0.335 e. The van der Waals surface area contributed by atoms with Crippen LogP contribution < -0.4 is 0 Å². The Morgan fingerprint density at radius 3 is 2.72 bits per heavy atom. The van der Waals surface area contributed by atoms with Gasteiger partial charge in [0.25, 0.3) is 0 Å². The largest absolute Gasteiger partial charge is 0.432 e. The Kier molecular flexibility index (Phi) is 2.97. The number of ether oxygens (including phenoxy) is 1. The summed E-state index contributed by atoms with van der Waals surface area (Å²) in [6.45, 7) is 5.17. The van der Waals surface area contributed by atoms with E-state index in [-0.39, 0.29) is 5.92 Å². The first-order valence-electron chi connectivity index (χ1n) is 7.12. The lowest BCUT2D eigenvalue weighted by molar-refractivity contribution is -0.176. The molecule has 0 spiro atoms. The number of carbonyl (C=O) groups is 1.